The van der Waals surface area contributed by atoms with Gasteiger partial charge in [-0.2, -0.15) is 0 Å². The average molecular weight is 254 g/mol. The maximum atomic E-state index is 12.9. The van der Waals surface area contributed by atoms with Crippen molar-refractivity contribution in [2.24, 2.45) is 0 Å². The van der Waals surface area contributed by atoms with E-state index in [0.29, 0.717) is 4.47 Å². The molecule has 0 radical (unpaired) electrons. The Morgan fingerprint density at radius 1 is 1.58 bits per heavy atom. The van der Waals surface area contributed by atoms with E-state index < -0.39 is 17.1 Å². The second-order valence-corrected chi connectivity index (χ2v) is 3.59. The van der Waals surface area contributed by atoms with Gasteiger partial charge in [0.2, 0.25) is 0 Å². The first-order valence-corrected chi connectivity index (χ1v) is 4.82. The van der Waals surface area contributed by atoms with Crippen LogP contribution >= 0.6 is 15.9 Å². The molecule has 0 aliphatic carbocycles. The minimum Gasteiger partial charge on any atom is -0.289 e. The van der Waals surface area contributed by atoms with E-state index in [2.05, 4.69) is 15.9 Å². The molecule has 1 rings (SSSR count). The summed E-state index contributed by atoms with van der Waals surface area (Å²) >= 11 is 0.818. The summed E-state index contributed by atoms with van der Waals surface area (Å²) in [5.41, 5.74) is -0.000895. The van der Waals surface area contributed by atoms with Gasteiger partial charge in [0.25, 0.3) is 11.3 Å². The minimum atomic E-state index is -2.24. The number of halogens is 2. The maximum Gasteiger partial charge on any atom is 0.259 e. The third-order valence-electron chi connectivity index (χ3n) is 1.13. The first-order valence-electron chi connectivity index (χ1n) is 2.92. The average Bonchev–Trinajstić information content (AvgIpc) is 1.94. The Labute approximate surface area is 79.5 Å². The second kappa shape index (κ2) is 3.97. The number of benzene rings is 1. The maximum absolute atomic E-state index is 12.9. The van der Waals surface area contributed by atoms with E-state index in [4.69, 9.17) is 4.55 Å². The summed E-state index contributed by atoms with van der Waals surface area (Å²) in [6, 6.07) is 4.14. The third kappa shape index (κ3) is 2.54. The molecule has 0 amide bonds. The Morgan fingerprint density at radius 3 is 2.75 bits per heavy atom. The monoisotopic (exact) mass is 253 g/mol. The van der Waals surface area contributed by atoms with E-state index in [0.717, 1.165) is 0 Å². The molecule has 0 spiro atoms. The molecule has 0 heterocycles. The van der Waals surface area contributed by atoms with E-state index in [1.54, 1.807) is 6.07 Å². The Morgan fingerprint density at radius 2 is 2.25 bits per heavy atom. The largest absolute Gasteiger partial charge is 0.289 e. The molecule has 1 aromatic carbocycles. The Kier molecular flexibility index (Phi) is 3.19. The highest BCUT2D eigenvalue weighted by Gasteiger charge is 2.03. The predicted octanol–water partition coefficient (Wildman–Crippen LogP) is 2.14. The highest BCUT2D eigenvalue weighted by molar-refractivity contribution is 9.10. The first kappa shape index (κ1) is 9.63. The van der Waals surface area contributed by atoms with E-state index in [-0.39, 0.29) is 5.69 Å². The van der Waals surface area contributed by atoms with Crippen LogP contribution in [0.4, 0.5) is 10.1 Å². The molecule has 6 heteroatoms. The van der Waals surface area contributed by atoms with Gasteiger partial charge in [-0.3, -0.25) is 9.27 Å². The molecule has 1 aromatic rings. The Balaban J connectivity index is 2.93. The van der Waals surface area contributed by atoms with E-state index in [1.165, 1.54) is 12.1 Å². The van der Waals surface area contributed by atoms with Gasteiger partial charge in [0.15, 0.2) is 0 Å². The predicted molar refractivity (Wildman–Crippen MR) is 48.5 cm³/mol. The highest BCUT2D eigenvalue weighted by Crippen LogP contribution is 2.19. The zero-order valence-electron chi connectivity index (χ0n) is 5.75. The van der Waals surface area contributed by atoms with Crippen LogP contribution in [0.5, 0.6) is 0 Å². The smallest absolute Gasteiger partial charge is 0.259 e. The van der Waals surface area contributed by atoms with Crippen molar-refractivity contribution in [1.82, 2.24) is 0 Å². The molecule has 1 atom stereocenters. The van der Waals surface area contributed by atoms with Gasteiger partial charge in [0.1, 0.15) is 5.82 Å². The number of anilines is 1. The fraction of sp³-hybridized carbons (Fsp3) is 0. The van der Waals surface area contributed by atoms with E-state index in [9.17, 15) is 8.60 Å². The molecule has 3 nitrogen and oxygen atoms in total. The lowest BCUT2D eigenvalue weighted by Gasteiger charge is -2.02. The van der Waals surface area contributed by atoms with Gasteiger partial charge >= 0.3 is 0 Å². The van der Waals surface area contributed by atoms with Crippen LogP contribution in [-0.4, -0.2) is 8.76 Å². The molecular weight excluding hydrogens is 249 g/mol. The zero-order chi connectivity index (χ0) is 9.14. The van der Waals surface area contributed by atoms with Crippen molar-refractivity contribution in [2.45, 2.75) is 0 Å². The lowest BCUT2D eigenvalue weighted by atomic mass is 10.3. The summed E-state index contributed by atoms with van der Waals surface area (Å²) < 4.78 is 34.1. The van der Waals surface area contributed by atoms with Crippen molar-refractivity contribution in [1.29, 1.82) is 0 Å². The van der Waals surface area contributed by atoms with E-state index in [1.807, 2.05) is 4.72 Å². The third-order valence-corrected chi connectivity index (χ3v) is 2.02. The number of hydrogen-bond donors (Lipinski definition) is 2. The standard InChI is InChI=1S/C6H5BrFNO2S/c7-4-1-2-6(5(8)3-4)9-12(10)11/h1-3,9H,(H,10,11). The quantitative estimate of drug-likeness (QED) is 0.794. The van der Waals surface area contributed by atoms with Crippen LogP contribution in [0.15, 0.2) is 22.7 Å². The van der Waals surface area contributed by atoms with Crippen molar-refractivity contribution in [2.75, 3.05) is 4.72 Å². The van der Waals surface area contributed by atoms with Crippen molar-refractivity contribution in [3.63, 3.8) is 0 Å². The van der Waals surface area contributed by atoms with Gasteiger partial charge in [0, 0.05) is 4.47 Å². The highest BCUT2D eigenvalue weighted by atomic mass is 79.9. The van der Waals surface area contributed by atoms with Crippen LogP contribution in [0, 0.1) is 5.82 Å². The van der Waals surface area contributed by atoms with E-state index >= 15 is 0 Å². The lowest BCUT2D eigenvalue weighted by molar-refractivity contribution is 0.568. The molecule has 0 aliphatic rings. The molecule has 1 unspecified atom stereocenters. The molecule has 66 valence electrons. The molecule has 0 aliphatic heterocycles. The molecule has 0 saturated carbocycles. The summed E-state index contributed by atoms with van der Waals surface area (Å²) in [7, 11) is 0. The Hall–Kier alpha value is -0.460. The number of hydrogen-bond acceptors (Lipinski definition) is 1. The number of rotatable bonds is 2. The molecule has 0 aromatic heterocycles. The second-order valence-electron chi connectivity index (χ2n) is 1.98. The van der Waals surface area contributed by atoms with Crippen molar-refractivity contribution in [3.8, 4) is 0 Å². The summed E-state index contributed by atoms with van der Waals surface area (Å²) in [5.74, 6) is -0.577. The van der Waals surface area contributed by atoms with Gasteiger partial charge in [-0.05, 0) is 18.2 Å². The van der Waals surface area contributed by atoms with Crippen LogP contribution < -0.4 is 4.72 Å². The SMILES string of the molecule is O=S(O)Nc1ccc(Br)cc1F. The fourth-order valence-corrected chi connectivity index (χ4v) is 1.35. The van der Waals surface area contributed by atoms with Crippen molar-refractivity contribution in [3.05, 3.63) is 28.5 Å². The minimum absolute atomic E-state index is 0.000895. The Bertz CT molecular complexity index is 320. The molecule has 0 saturated heterocycles. The molecule has 2 N–H and O–H groups in total. The van der Waals surface area contributed by atoms with Crippen molar-refractivity contribution >= 4 is 32.9 Å². The van der Waals surface area contributed by atoms with Gasteiger partial charge < -0.3 is 0 Å². The molecule has 12 heavy (non-hydrogen) atoms. The summed E-state index contributed by atoms with van der Waals surface area (Å²) in [4.78, 5) is 0. The van der Waals surface area contributed by atoms with Gasteiger partial charge in [-0.15, -0.1) is 0 Å². The van der Waals surface area contributed by atoms with Crippen LogP contribution in [0.1, 0.15) is 0 Å². The summed E-state index contributed by atoms with van der Waals surface area (Å²) in [5, 5.41) is 0. The van der Waals surface area contributed by atoms with Gasteiger partial charge in [-0.25, -0.2) is 8.60 Å². The van der Waals surface area contributed by atoms with Gasteiger partial charge in [0.05, 0.1) is 5.69 Å². The van der Waals surface area contributed by atoms with Gasteiger partial charge in [-0.1, -0.05) is 15.9 Å². The first-order chi connectivity index (χ1) is 5.59. The van der Waals surface area contributed by atoms with Crippen LogP contribution in [0.3, 0.4) is 0 Å². The molecule has 0 bridgehead atoms. The normalized spacial score (nSPS) is 12.6. The molecule has 0 fully saturated rings. The van der Waals surface area contributed by atoms with Crippen LogP contribution in [-0.2, 0) is 11.3 Å². The lowest BCUT2D eigenvalue weighted by Crippen LogP contribution is -2.03. The van der Waals surface area contributed by atoms with Crippen LogP contribution in [0.25, 0.3) is 0 Å². The molecular formula is C6H5BrFNO2S. The topological polar surface area (TPSA) is 49.3 Å². The fourth-order valence-electron chi connectivity index (χ4n) is 0.666. The number of nitrogens with one attached hydrogen (secondary N) is 1. The summed E-state index contributed by atoms with van der Waals surface area (Å²) in [6.45, 7) is 0. The van der Waals surface area contributed by atoms with Crippen LogP contribution in [0.2, 0.25) is 0 Å². The zero-order valence-corrected chi connectivity index (χ0v) is 8.15. The summed E-state index contributed by atoms with van der Waals surface area (Å²) in [6.07, 6.45) is 0. The van der Waals surface area contributed by atoms with Crippen molar-refractivity contribution < 1.29 is 13.2 Å².